The smallest absolute Gasteiger partial charge is 0.110 e. The molecule has 0 bridgehead atoms. The van der Waals surface area contributed by atoms with Gasteiger partial charge < -0.3 is 10.1 Å². The Labute approximate surface area is 110 Å². The van der Waals surface area contributed by atoms with Crippen LogP contribution < -0.4 is 5.32 Å². The first-order chi connectivity index (χ1) is 8.79. The number of hydrogen-bond acceptors (Lipinski definition) is 2. The Bertz CT molecular complexity index is 383. The van der Waals surface area contributed by atoms with Crippen molar-refractivity contribution < 1.29 is 4.74 Å². The Kier molecular flexibility index (Phi) is 4.82. The van der Waals surface area contributed by atoms with Crippen LogP contribution in [-0.2, 0) is 11.2 Å². The van der Waals surface area contributed by atoms with E-state index in [2.05, 4.69) is 49.5 Å². The van der Waals surface area contributed by atoms with Gasteiger partial charge in [0.25, 0.3) is 0 Å². The van der Waals surface area contributed by atoms with E-state index in [0.717, 1.165) is 25.8 Å². The zero-order valence-electron chi connectivity index (χ0n) is 11.4. The maximum atomic E-state index is 5.56. The molecule has 1 aromatic carbocycles. The molecule has 0 saturated heterocycles. The van der Waals surface area contributed by atoms with Crippen LogP contribution in [-0.4, -0.2) is 12.6 Å². The van der Waals surface area contributed by atoms with Crippen LogP contribution in [0.1, 0.15) is 43.9 Å². The van der Waals surface area contributed by atoms with E-state index < -0.39 is 0 Å². The first kappa shape index (κ1) is 13.2. The van der Waals surface area contributed by atoms with E-state index in [1.165, 1.54) is 11.1 Å². The number of allylic oxidation sites excluding steroid dienone is 1. The van der Waals surface area contributed by atoms with Gasteiger partial charge in [0.1, 0.15) is 6.10 Å². The van der Waals surface area contributed by atoms with Crippen LogP contribution in [0.15, 0.2) is 36.6 Å². The summed E-state index contributed by atoms with van der Waals surface area (Å²) in [6.45, 7) is 5.31. The molecule has 0 aromatic heterocycles. The normalized spacial score (nSPS) is 20.4. The molecule has 1 N–H and O–H groups in total. The molecule has 1 aromatic rings. The van der Waals surface area contributed by atoms with Gasteiger partial charge in [-0.2, -0.15) is 0 Å². The highest BCUT2D eigenvalue weighted by atomic mass is 16.5. The predicted molar refractivity (Wildman–Crippen MR) is 75.5 cm³/mol. The largest absolute Gasteiger partial charge is 0.497 e. The lowest BCUT2D eigenvalue weighted by atomic mass is 10.0. The molecule has 18 heavy (non-hydrogen) atoms. The molecule has 0 radical (unpaired) electrons. The molecular formula is C16H23NO. The van der Waals surface area contributed by atoms with Crippen molar-refractivity contribution in [2.24, 2.45) is 0 Å². The molecule has 0 aliphatic carbocycles. The fraction of sp³-hybridized carbons (Fsp3) is 0.500. The molecule has 0 amide bonds. The summed E-state index contributed by atoms with van der Waals surface area (Å²) in [5.41, 5.74) is 2.74. The fourth-order valence-corrected chi connectivity index (χ4v) is 2.20. The van der Waals surface area contributed by atoms with E-state index in [1.54, 1.807) is 0 Å². The number of hydrogen-bond donors (Lipinski definition) is 1. The maximum Gasteiger partial charge on any atom is 0.110 e. The van der Waals surface area contributed by atoms with Crippen LogP contribution in [0.3, 0.4) is 0 Å². The summed E-state index contributed by atoms with van der Waals surface area (Å²) in [4.78, 5) is 0. The average molecular weight is 245 g/mol. The fourth-order valence-electron chi connectivity index (χ4n) is 2.20. The minimum atomic E-state index is 0.326. The Hall–Kier alpha value is -1.28. The van der Waals surface area contributed by atoms with Gasteiger partial charge in [-0.05, 0) is 43.4 Å². The zero-order chi connectivity index (χ0) is 12.8. The molecule has 0 saturated carbocycles. The third kappa shape index (κ3) is 3.61. The summed E-state index contributed by atoms with van der Waals surface area (Å²) < 4.78 is 5.56. The lowest BCUT2D eigenvalue weighted by Crippen LogP contribution is -2.31. The van der Waals surface area contributed by atoms with E-state index in [1.807, 2.05) is 6.26 Å². The molecule has 2 unspecified atom stereocenters. The molecule has 2 atom stereocenters. The number of rotatable bonds is 5. The van der Waals surface area contributed by atoms with Crippen molar-refractivity contribution in [1.29, 1.82) is 0 Å². The van der Waals surface area contributed by atoms with Crippen LogP contribution >= 0.6 is 0 Å². The summed E-state index contributed by atoms with van der Waals surface area (Å²) in [7, 11) is 0. The lowest BCUT2D eigenvalue weighted by Gasteiger charge is -2.22. The van der Waals surface area contributed by atoms with Crippen LogP contribution in [0, 0.1) is 0 Å². The Morgan fingerprint density at radius 2 is 2.11 bits per heavy atom. The van der Waals surface area contributed by atoms with Crippen molar-refractivity contribution in [2.45, 2.75) is 45.3 Å². The van der Waals surface area contributed by atoms with Gasteiger partial charge in [0.05, 0.1) is 6.26 Å². The third-order valence-corrected chi connectivity index (χ3v) is 3.56. The van der Waals surface area contributed by atoms with Gasteiger partial charge in [0.15, 0.2) is 0 Å². The minimum absolute atomic E-state index is 0.326. The molecule has 2 heteroatoms. The molecule has 2 rings (SSSR count). The quantitative estimate of drug-likeness (QED) is 0.856. The molecule has 2 nitrogen and oxygen atoms in total. The van der Waals surface area contributed by atoms with Crippen LogP contribution in [0.5, 0.6) is 0 Å². The van der Waals surface area contributed by atoms with Gasteiger partial charge in [-0.3, -0.25) is 0 Å². The Morgan fingerprint density at radius 1 is 1.33 bits per heavy atom. The van der Waals surface area contributed by atoms with Crippen molar-refractivity contribution >= 4 is 0 Å². The monoisotopic (exact) mass is 245 g/mol. The second-order valence-electron chi connectivity index (χ2n) is 4.93. The summed E-state index contributed by atoms with van der Waals surface area (Å²) in [6.07, 6.45) is 7.59. The van der Waals surface area contributed by atoms with Crippen LogP contribution in [0.25, 0.3) is 0 Å². The first-order valence-electron chi connectivity index (χ1n) is 6.92. The summed E-state index contributed by atoms with van der Waals surface area (Å²) in [5, 5.41) is 3.55. The van der Waals surface area contributed by atoms with Crippen molar-refractivity contribution in [1.82, 2.24) is 5.32 Å². The van der Waals surface area contributed by atoms with Crippen molar-refractivity contribution in [2.75, 3.05) is 6.54 Å². The number of nitrogens with one attached hydrogen (secondary N) is 1. The van der Waals surface area contributed by atoms with Crippen molar-refractivity contribution in [3.8, 4) is 0 Å². The molecule has 1 aliphatic rings. The predicted octanol–water partition coefficient (Wildman–Crippen LogP) is 3.59. The molecule has 1 heterocycles. The number of benzene rings is 1. The van der Waals surface area contributed by atoms with E-state index in [-0.39, 0.29) is 0 Å². The van der Waals surface area contributed by atoms with Crippen molar-refractivity contribution in [3.63, 3.8) is 0 Å². The second-order valence-corrected chi connectivity index (χ2v) is 4.93. The average Bonchev–Trinajstić information content (AvgIpc) is 2.46. The highest BCUT2D eigenvalue weighted by molar-refractivity contribution is 5.24. The lowest BCUT2D eigenvalue weighted by molar-refractivity contribution is 0.120. The summed E-state index contributed by atoms with van der Waals surface area (Å²) in [5.74, 6) is 0. The highest BCUT2D eigenvalue weighted by Crippen LogP contribution is 2.15. The second kappa shape index (κ2) is 6.60. The summed E-state index contributed by atoms with van der Waals surface area (Å²) in [6, 6.07) is 9.25. The highest BCUT2D eigenvalue weighted by Gasteiger charge is 2.12. The topological polar surface area (TPSA) is 21.3 Å². The molecule has 0 fully saturated rings. The molecule has 98 valence electrons. The van der Waals surface area contributed by atoms with E-state index in [4.69, 9.17) is 4.74 Å². The van der Waals surface area contributed by atoms with E-state index in [0.29, 0.717) is 12.1 Å². The zero-order valence-corrected chi connectivity index (χ0v) is 11.4. The molecule has 0 spiro atoms. The Morgan fingerprint density at radius 3 is 2.72 bits per heavy atom. The van der Waals surface area contributed by atoms with Crippen LogP contribution in [0.4, 0.5) is 0 Å². The standard InChI is InChI=1S/C16H23NO/c1-3-14-7-9-15(10-8-14)13(2)17-12-16-6-4-5-11-18-16/h5,7-11,13,16-17H,3-4,6,12H2,1-2H3. The first-order valence-corrected chi connectivity index (χ1v) is 6.92. The van der Waals surface area contributed by atoms with Gasteiger partial charge in [-0.1, -0.05) is 31.2 Å². The van der Waals surface area contributed by atoms with Crippen molar-refractivity contribution in [3.05, 3.63) is 47.7 Å². The third-order valence-electron chi connectivity index (χ3n) is 3.56. The minimum Gasteiger partial charge on any atom is -0.497 e. The van der Waals surface area contributed by atoms with Gasteiger partial charge >= 0.3 is 0 Å². The Balaban J connectivity index is 1.82. The maximum absolute atomic E-state index is 5.56. The van der Waals surface area contributed by atoms with Gasteiger partial charge in [0, 0.05) is 12.6 Å². The number of aryl methyl sites for hydroxylation is 1. The SMILES string of the molecule is CCc1ccc(C(C)NCC2CCC=CO2)cc1. The van der Waals surface area contributed by atoms with Gasteiger partial charge in [-0.15, -0.1) is 0 Å². The summed E-state index contributed by atoms with van der Waals surface area (Å²) >= 11 is 0. The molecular weight excluding hydrogens is 222 g/mol. The number of ether oxygens (including phenoxy) is 1. The molecule has 1 aliphatic heterocycles. The van der Waals surface area contributed by atoms with E-state index >= 15 is 0 Å². The van der Waals surface area contributed by atoms with Gasteiger partial charge in [0.2, 0.25) is 0 Å². The van der Waals surface area contributed by atoms with Gasteiger partial charge in [-0.25, -0.2) is 0 Å². The van der Waals surface area contributed by atoms with Crippen LogP contribution in [0.2, 0.25) is 0 Å². The van der Waals surface area contributed by atoms with E-state index in [9.17, 15) is 0 Å².